The van der Waals surface area contributed by atoms with Crippen molar-refractivity contribution < 1.29 is 18.1 Å². The molecule has 0 aromatic heterocycles. The molecule has 156 valence electrons. The summed E-state index contributed by atoms with van der Waals surface area (Å²) in [6, 6.07) is 4.84. The number of carbonyl (C=O) groups excluding carboxylic acids is 1. The largest absolute Gasteiger partial charge is 0.342 e. The van der Waals surface area contributed by atoms with E-state index in [2.05, 4.69) is 0 Å². The van der Waals surface area contributed by atoms with Gasteiger partial charge in [0.05, 0.1) is 15.7 Å². The van der Waals surface area contributed by atoms with Crippen molar-refractivity contribution in [2.24, 2.45) is 17.6 Å². The highest BCUT2D eigenvalue weighted by Gasteiger charge is 2.36. The van der Waals surface area contributed by atoms with Crippen LogP contribution in [-0.4, -0.2) is 61.2 Å². The predicted octanol–water partition coefficient (Wildman–Crippen LogP) is 1.22. The van der Waals surface area contributed by atoms with Gasteiger partial charge in [0.1, 0.15) is 0 Å². The van der Waals surface area contributed by atoms with Crippen LogP contribution >= 0.6 is 12.4 Å². The number of nitro benzene ring substituents is 1. The fourth-order valence-electron chi connectivity index (χ4n) is 3.73. The maximum absolute atomic E-state index is 12.9. The molecular weight excluding hydrogens is 408 g/mol. The molecule has 0 aliphatic carbocycles. The zero-order valence-electron chi connectivity index (χ0n) is 15.4. The maximum Gasteiger partial charge on any atom is 0.269 e. The molecule has 0 spiro atoms. The lowest BCUT2D eigenvalue weighted by Crippen LogP contribution is -2.46. The number of halogens is 1. The third-order valence-corrected chi connectivity index (χ3v) is 7.23. The molecule has 2 N–H and O–H groups in total. The third-order valence-electron chi connectivity index (χ3n) is 5.35. The molecule has 2 unspecified atom stereocenters. The first-order valence-electron chi connectivity index (χ1n) is 9.06. The summed E-state index contributed by atoms with van der Waals surface area (Å²) in [5.41, 5.74) is 5.52. The summed E-state index contributed by atoms with van der Waals surface area (Å²) in [6.45, 7) is 2.35. The fourth-order valence-corrected chi connectivity index (χ4v) is 5.26. The predicted molar refractivity (Wildman–Crippen MR) is 106 cm³/mol. The molecule has 1 amide bonds. The Hall–Kier alpha value is -1.75. The molecule has 0 bridgehead atoms. The van der Waals surface area contributed by atoms with Crippen LogP contribution in [0.1, 0.15) is 19.3 Å². The average Bonchev–Trinajstić information content (AvgIpc) is 3.17. The van der Waals surface area contributed by atoms with Gasteiger partial charge in [-0.05, 0) is 43.9 Å². The molecule has 28 heavy (non-hydrogen) atoms. The zero-order valence-corrected chi connectivity index (χ0v) is 17.0. The molecule has 2 aliphatic heterocycles. The molecule has 2 heterocycles. The van der Waals surface area contributed by atoms with Gasteiger partial charge in [-0.15, -0.1) is 12.4 Å². The molecule has 11 heteroatoms. The monoisotopic (exact) mass is 432 g/mol. The van der Waals surface area contributed by atoms with E-state index in [1.54, 1.807) is 4.90 Å². The van der Waals surface area contributed by atoms with Gasteiger partial charge in [0.25, 0.3) is 5.69 Å². The zero-order chi connectivity index (χ0) is 19.6. The number of sulfonamides is 1. The number of likely N-dealkylation sites (tertiary alicyclic amines) is 1. The van der Waals surface area contributed by atoms with Crippen molar-refractivity contribution in [3.63, 3.8) is 0 Å². The van der Waals surface area contributed by atoms with Gasteiger partial charge in [-0.25, -0.2) is 8.42 Å². The fraction of sp³-hybridized carbons (Fsp3) is 0.588. The summed E-state index contributed by atoms with van der Waals surface area (Å²) in [5, 5.41) is 10.7. The van der Waals surface area contributed by atoms with Gasteiger partial charge in [-0.3, -0.25) is 14.9 Å². The number of non-ortho nitro benzene ring substituents is 1. The van der Waals surface area contributed by atoms with E-state index in [0.717, 1.165) is 6.42 Å². The number of nitrogens with two attached hydrogens (primary N) is 1. The van der Waals surface area contributed by atoms with Crippen molar-refractivity contribution in [3.8, 4) is 0 Å². The maximum atomic E-state index is 12.9. The lowest BCUT2D eigenvalue weighted by Gasteiger charge is -2.33. The Labute approximate surface area is 170 Å². The van der Waals surface area contributed by atoms with Crippen molar-refractivity contribution in [2.45, 2.75) is 24.2 Å². The van der Waals surface area contributed by atoms with Crippen molar-refractivity contribution in [1.29, 1.82) is 0 Å². The van der Waals surface area contributed by atoms with Gasteiger partial charge < -0.3 is 10.6 Å². The molecule has 1 aromatic rings. The number of amides is 1. The number of hydrogen-bond acceptors (Lipinski definition) is 6. The van der Waals surface area contributed by atoms with Gasteiger partial charge in [-0.2, -0.15) is 4.31 Å². The molecule has 2 saturated heterocycles. The van der Waals surface area contributed by atoms with Crippen LogP contribution in [0.2, 0.25) is 0 Å². The summed E-state index contributed by atoms with van der Waals surface area (Å²) < 4.78 is 27.1. The number of carbonyl (C=O) groups is 1. The van der Waals surface area contributed by atoms with E-state index in [0.29, 0.717) is 44.9 Å². The van der Waals surface area contributed by atoms with Crippen LogP contribution in [0.25, 0.3) is 0 Å². The van der Waals surface area contributed by atoms with E-state index in [1.807, 2.05) is 0 Å². The van der Waals surface area contributed by atoms with Crippen LogP contribution in [0.15, 0.2) is 29.2 Å². The first-order chi connectivity index (χ1) is 12.8. The Morgan fingerprint density at radius 1 is 1.18 bits per heavy atom. The number of hydrogen-bond donors (Lipinski definition) is 1. The van der Waals surface area contributed by atoms with Crippen LogP contribution in [0.3, 0.4) is 0 Å². The van der Waals surface area contributed by atoms with Crippen molar-refractivity contribution >= 4 is 34.0 Å². The van der Waals surface area contributed by atoms with Crippen molar-refractivity contribution in [3.05, 3.63) is 34.4 Å². The lowest BCUT2D eigenvalue weighted by atomic mass is 9.98. The minimum Gasteiger partial charge on any atom is -0.342 e. The number of piperidine rings is 1. The smallest absolute Gasteiger partial charge is 0.269 e. The van der Waals surface area contributed by atoms with Gasteiger partial charge in [0.15, 0.2) is 0 Å². The van der Waals surface area contributed by atoms with Gasteiger partial charge in [0, 0.05) is 38.3 Å². The summed E-state index contributed by atoms with van der Waals surface area (Å²) in [7, 11) is -3.79. The quantitative estimate of drug-likeness (QED) is 0.550. The van der Waals surface area contributed by atoms with E-state index in [1.165, 1.54) is 28.6 Å². The molecule has 2 aliphatic rings. The molecule has 1 aromatic carbocycles. The normalized spacial score (nSPS) is 23.2. The van der Waals surface area contributed by atoms with Gasteiger partial charge in [0.2, 0.25) is 15.9 Å². The Bertz CT molecular complexity index is 817. The molecule has 2 atom stereocenters. The number of benzene rings is 1. The van der Waals surface area contributed by atoms with Crippen molar-refractivity contribution in [2.75, 3.05) is 32.7 Å². The first kappa shape index (κ1) is 22.5. The van der Waals surface area contributed by atoms with E-state index in [-0.39, 0.29) is 41.4 Å². The Balaban J connectivity index is 0.00000280. The SMILES string of the molecule is Cl.NCC1CCN(C(=O)C2CCCN(S(=O)(=O)c3ccc([N+](=O)[O-])cc3)C2)C1. The summed E-state index contributed by atoms with van der Waals surface area (Å²) in [5.74, 6) is -0.0462. The second-order valence-electron chi connectivity index (χ2n) is 7.13. The first-order valence-corrected chi connectivity index (χ1v) is 10.5. The second-order valence-corrected chi connectivity index (χ2v) is 9.07. The topological polar surface area (TPSA) is 127 Å². The molecule has 0 radical (unpaired) electrons. The highest BCUT2D eigenvalue weighted by molar-refractivity contribution is 7.89. The highest BCUT2D eigenvalue weighted by atomic mass is 35.5. The Kier molecular flexibility index (Phi) is 7.38. The van der Waals surface area contributed by atoms with Crippen LogP contribution in [0, 0.1) is 22.0 Å². The van der Waals surface area contributed by atoms with Crippen molar-refractivity contribution in [1.82, 2.24) is 9.21 Å². The van der Waals surface area contributed by atoms with Crippen LogP contribution in [0.5, 0.6) is 0 Å². The average molecular weight is 433 g/mol. The van der Waals surface area contributed by atoms with Gasteiger partial charge >= 0.3 is 0 Å². The molecule has 9 nitrogen and oxygen atoms in total. The Morgan fingerprint density at radius 2 is 1.86 bits per heavy atom. The molecular formula is C17H25ClN4O5S. The summed E-state index contributed by atoms with van der Waals surface area (Å²) in [4.78, 5) is 24.8. The van der Waals surface area contributed by atoms with Crippen LogP contribution < -0.4 is 5.73 Å². The molecule has 0 saturated carbocycles. The summed E-state index contributed by atoms with van der Waals surface area (Å²) >= 11 is 0. The standard InChI is InChI=1S/C17H24N4O5S.ClH/c18-10-13-7-9-19(11-13)17(22)14-2-1-8-20(12-14)27(25,26)16-5-3-15(4-6-16)21(23)24;/h3-6,13-14H,1-2,7-12,18H2;1H. The van der Waals surface area contributed by atoms with E-state index in [4.69, 9.17) is 5.73 Å². The minimum absolute atomic E-state index is 0. The minimum atomic E-state index is -3.79. The summed E-state index contributed by atoms with van der Waals surface area (Å²) in [6.07, 6.45) is 2.16. The molecule has 3 rings (SSSR count). The van der Waals surface area contributed by atoms with E-state index in [9.17, 15) is 23.3 Å². The van der Waals surface area contributed by atoms with E-state index < -0.39 is 14.9 Å². The van der Waals surface area contributed by atoms with Crippen LogP contribution in [-0.2, 0) is 14.8 Å². The van der Waals surface area contributed by atoms with Gasteiger partial charge in [-0.1, -0.05) is 0 Å². The highest BCUT2D eigenvalue weighted by Crippen LogP contribution is 2.27. The lowest BCUT2D eigenvalue weighted by molar-refractivity contribution is -0.384. The van der Waals surface area contributed by atoms with Crippen LogP contribution in [0.4, 0.5) is 5.69 Å². The number of nitro groups is 1. The second kappa shape index (κ2) is 9.17. The number of nitrogens with zero attached hydrogens (tertiary/aromatic N) is 3. The molecule has 2 fully saturated rings. The Morgan fingerprint density at radius 3 is 2.43 bits per heavy atom. The third kappa shape index (κ3) is 4.62. The van der Waals surface area contributed by atoms with E-state index >= 15 is 0 Å². The number of rotatable bonds is 5.